The van der Waals surface area contributed by atoms with Gasteiger partial charge in [-0.15, -0.1) is 0 Å². The van der Waals surface area contributed by atoms with Crippen molar-refractivity contribution in [1.82, 2.24) is 10.3 Å². The molecule has 0 saturated heterocycles. The molecule has 1 heterocycles. The van der Waals surface area contributed by atoms with E-state index in [1.807, 2.05) is 12.1 Å². The SMILES string of the molecule is COc1ccc2[nH]c(CNC(C)(C)C)cc2c1. The van der Waals surface area contributed by atoms with Gasteiger partial charge in [0.2, 0.25) is 0 Å². The van der Waals surface area contributed by atoms with Crippen LogP contribution in [0, 0.1) is 0 Å². The molecule has 0 bridgehead atoms. The van der Waals surface area contributed by atoms with E-state index < -0.39 is 0 Å². The summed E-state index contributed by atoms with van der Waals surface area (Å²) in [5.74, 6) is 0.895. The monoisotopic (exact) mass is 232 g/mol. The number of methoxy groups -OCH3 is 1. The number of ether oxygens (including phenoxy) is 1. The Kier molecular flexibility index (Phi) is 3.11. The van der Waals surface area contributed by atoms with Crippen molar-refractivity contribution in [3.63, 3.8) is 0 Å². The van der Waals surface area contributed by atoms with Gasteiger partial charge < -0.3 is 15.0 Å². The molecule has 2 rings (SSSR count). The zero-order chi connectivity index (χ0) is 12.5. The van der Waals surface area contributed by atoms with Crippen molar-refractivity contribution in [3.8, 4) is 5.75 Å². The minimum absolute atomic E-state index is 0.134. The summed E-state index contributed by atoms with van der Waals surface area (Å²) < 4.78 is 5.22. The van der Waals surface area contributed by atoms with E-state index in [2.05, 4.69) is 43.2 Å². The predicted molar refractivity (Wildman–Crippen MR) is 71.4 cm³/mol. The lowest BCUT2D eigenvalue weighted by Gasteiger charge is -2.19. The van der Waals surface area contributed by atoms with Crippen molar-refractivity contribution < 1.29 is 4.74 Å². The number of hydrogen-bond donors (Lipinski definition) is 2. The van der Waals surface area contributed by atoms with Crippen LogP contribution in [-0.4, -0.2) is 17.6 Å². The molecule has 0 saturated carbocycles. The lowest BCUT2D eigenvalue weighted by Crippen LogP contribution is -2.35. The lowest BCUT2D eigenvalue weighted by molar-refractivity contribution is 0.415. The summed E-state index contributed by atoms with van der Waals surface area (Å²) in [5.41, 5.74) is 2.48. The van der Waals surface area contributed by atoms with E-state index >= 15 is 0 Å². The molecule has 0 aliphatic carbocycles. The number of aromatic nitrogens is 1. The fraction of sp³-hybridized carbons (Fsp3) is 0.429. The topological polar surface area (TPSA) is 37.0 Å². The molecule has 0 aliphatic heterocycles. The Morgan fingerprint density at radius 2 is 2.00 bits per heavy atom. The maximum atomic E-state index is 5.22. The van der Waals surface area contributed by atoms with Gasteiger partial charge in [-0.3, -0.25) is 0 Å². The molecule has 2 N–H and O–H groups in total. The molecular formula is C14H20N2O. The third kappa shape index (κ3) is 3.01. The molecule has 1 aromatic heterocycles. The van der Waals surface area contributed by atoms with Gasteiger partial charge in [-0.1, -0.05) is 0 Å². The van der Waals surface area contributed by atoms with Crippen LogP contribution in [-0.2, 0) is 6.54 Å². The number of H-pyrrole nitrogens is 1. The van der Waals surface area contributed by atoms with Crippen LogP contribution in [0.15, 0.2) is 24.3 Å². The van der Waals surface area contributed by atoms with Gasteiger partial charge in [-0.2, -0.15) is 0 Å². The van der Waals surface area contributed by atoms with Crippen molar-refractivity contribution in [3.05, 3.63) is 30.0 Å². The van der Waals surface area contributed by atoms with E-state index in [1.54, 1.807) is 7.11 Å². The van der Waals surface area contributed by atoms with E-state index in [0.717, 1.165) is 17.8 Å². The van der Waals surface area contributed by atoms with Crippen LogP contribution in [0.25, 0.3) is 10.9 Å². The van der Waals surface area contributed by atoms with E-state index in [9.17, 15) is 0 Å². The van der Waals surface area contributed by atoms with Crippen LogP contribution in [0.2, 0.25) is 0 Å². The quantitative estimate of drug-likeness (QED) is 0.853. The van der Waals surface area contributed by atoms with Crippen molar-refractivity contribution in [1.29, 1.82) is 0 Å². The van der Waals surface area contributed by atoms with Gasteiger partial charge in [-0.25, -0.2) is 0 Å². The minimum atomic E-state index is 0.134. The third-order valence-electron chi connectivity index (χ3n) is 2.69. The summed E-state index contributed by atoms with van der Waals surface area (Å²) in [4.78, 5) is 3.40. The Bertz CT molecular complexity index is 508. The average Bonchev–Trinajstić information content (AvgIpc) is 2.66. The van der Waals surface area contributed by atoms with Crippen LogP contribution in [0.3, 0.4) is 0 Å². The number of hydrogen-bond acceptors (Lipinski definition) is 2. The van der Waals surface area contributed by atoms with Gasteiger partial charge in [0.25, 0.3) is 0 Å². The van der Waals surface area contributed by atoms with Crippen molar-refractivity contribution in [2.45, 2.75) is 32.9 Å². The average molecular weight is 232 g/mol. The summed E-state index contributed by atoms with van der Waals surface area (Å²) in [6, 6.07) is 8.23. The van der Waals surface area contributed by atoms with Gasteiger partial charge >= 0.3 is 0 Å². The number of nitrogens with one attached hydrogen (secondary N) is 2. The van der Waals surface area contributed by atoms with Crippen LogP contribution in [0.1, 0.15) is 26.5 Å². The van der Waals surface area contributed by atoms with Crippen LogP contribution in [0.5, 0.6) is 5.75 Å². The normalized spacial score (nSPS) is 12.0. The number of benzene rings is 1. The van der Waals surface area contributed by atoms with Gasteiger partial charge in [0.15, 0.2) is 0 Å². The molecule has 3 nitrogen and oxygen atoms in total. The van der Waals surface area contributed by atoms with E-state index in [4.69, 9.17) is 4.74 Å². The zero-order valence-electron chi connectivity index (χ0n) is 10.9. The van der Waals surface area contributed by atoms with E-state index in [-0.39, 0.29) is 5.54 Å². The first-order valence-corrected chi connectivity index (χ1v) is 5.88. The molecule has 17 heavy (non-hydrogen) atoms. The molecule has 1 aromatic carbocycles. The highest BCUT2D eigenvalue weighted by molar-refractivity contribution is 5.81. The number of rotatable bonds is 3. The highest BCUT2D eigenvalue weighted by atomic mass is 16.5. The van der Waals surface area contributed by atoms with Crippen molar-refractivity contribution >= 4 is 10.9 Å². The fourth-order valence-electron chi connectivity index (χ4n) is 1.75. The second kappa shape index (κ2) is 4.41. The maximum absolute atomic E-state index is 5.22. The lowest BCUT2D eigenvalue weighted by atomic mass is 10.1. The van der Waals surface area contributed by atoms with Gasteiger partial charge in [-0.05, 0) is 45.0 Å². The van der Waals surface area contributed by atoms with E-state index in [1.165, 1.54) is 11.1 Å². The second-order valence-electron chi connectivity index (χ2n) is 5.35. The highest BCUT2D eigenvalue weighted by Crippen LogP contribution is 2.21. The first kappa shape index (κ1) is 12.0. The van der Waals surface area contributed by atoms with Gasteiger partial charge in [0.05, 0.1) is 7.11 Å². The van der Waals surface area contributed by atoms with Gasteiger partial charge in [0, 0.05) is 28.7 Å². The first-order valence-electron chi connectivity index (χ1n) is 5.88. The highest BCUT2D eigenvalue weighted by Gasteiger charge is 2.09. The van der Waals surface area contributed by atoms with Gasteiger partial charge in [0.1, 0.15) is 5.75 Å². The Morgan fingerprint density at radius 3 is 2.65 bits per heavy atom. The minimum Gasteiger partial charge on any atom is -0.497 e. The van der Waals surface area contributed by atoms with Crippen LogP contribution < -0.4 is 10.1 Å². The Morgan fingerprint density at radius 1 is 1.24 bits per heavy atom. The van der Waals surface area contributed by atoms with Crippen LogP contribution in [0.4, 0.5) is 0 Å². The molecule has 0 fully saturated rings. The summed E-state index contributed by atoms with van der Waals surface area (Å²) in [5, 5.41) is 4.66. The number of fused-ring (bicyclic) bond motifs is 1. The zero-order valence-corrected chi connectivity index (χ0v) is 10.9. The summed E-state index contributed by atoms with van der Waals surface area (Å²) in [6.45, 7) is 7.34. The molecule has 0 atom stereocenters. The largest absolute Gasteiger partial charge is 0.497 e. The van der Waals surface area contributed by atoms with E-state index in [0.29, 0.717) is 0 Å². The fourth-order valence-corrected chi connectivity index (χ4v) is 1.75. The molecule has 2 aromatic rings. The molecule has 0 aliphatic rings. The first-order chi connectivity index (χ1) is 7.98. The third-order valence-corrected chi connectivity index (χ3v) is 2.69. The van der Waals surface area contributed by atoms with Crippen LogP contribution >= 0.6 is 0 Å². The molecule has 0 unspecified atom stereocenters. The second-order valence-corrected chi connectivity index (χ2v) is 5.35. The van der Waals surface area contributed by atoms with Crippen molar-refractivity contribution in [2.75, 3.05) is 7.11 Å². The summed E-state index contributed by atoms with van der Waals surface area (Å²) in [7, 11) is 1.69. The molecular weight excluding hydrogens is 212 g/mol. The Balaban J connectivity index is 2.20. The van der Waals surface area contributed by atoms with Crippen molar-refractivity contribution in [2.24, 2.45) is 0 Å². The summed E-state index contributed by atoms with van der Waals surface area (Å²) >= 11 is 0. The maximum Gasteiger partial charge on any atom is 0.119 e. The molecule has 3 heteroatoms. The Labute approximate surface area is 102 Å². The predicted octanol–water partition coefficient (Wildman–Crippen LogP) is 3.06. The smallest absolute Gasteiger partial charge is 0.119 e. The Hall–Kier alpha value is -1.48. The standard InChI is InChI=1S/C14H20N2O/c1-14(2,3)15-9-11-7-10-8-12(17-4)5-6-13(10)16-11/h5-8,15-16H,9H2,1-4H3. The molecule has 0 radical (unpaired) electrons. The molecule has 92 valence electrons. The summed E-state index contributed by atoms with van der Waals surface area (Å²) in [6.07, 6.45) is 0. The number of aromatic amines is 1. The molecule has 0 amide bonds. The molecule has 0 spiro atoms.